The summed E-state index contributed by atoms with van der Waals surface area (Å²) in [6.45, 7) is 6.06. The zero-order chi connectivity index (χ0) is 19.6. The van der Waals surface area contributed by atoms with Crippen LogP contribution in [0, 0.1) is 13.8 Å². The third kappa shape index (κ3) is 4.34. The van der Waals surface area contributed by atoms with E-state index < -0.39 is 0 Å². The van der Waals surface area contributed by atoms with Crippen LogP contribution in [0.3, 0.4) is 0 Å². The molecular weight excluding hydrogens is 406 g/mol. The Bertz CT molecular complexity index is 1010. The minimum Gasteiger partial charge on any atom is -0.322 e. The highest BCUT2D eigenvalue weighted by Gasteiger charge is 2.11. The van der Waals surface area contributed by atoms with Gasteiger partial charge in [-0.2, -0.15) is 5.10 Å². The maximum atomic E-state index is 12.6. The van der Waals surface area contributed by atoms with Gasteiger partial charge >= 0.3 is 0 Å². The number of amides is 1. The number of hydrogen-bond acceptors (Lipinski definition) is 3. The summed E-state index contributed by atoms with van der Waals surface area (Å²) < 4.78 is 2.92. The Morgan fingerprint density at radius 1 is 1.07 bits per heavy atom. The molecule has 0 spiro atoms. The molecule has 1 aromatic heterocycles. The highest BCUT2D eigenvalue weighted by molar-refractivity contribution is 9.10. The van der Waals surface area contributed by atoms with E-state index in [-0.39, 0.29) is 11.7 Å². The summed E-state index contributed by atoms with van der Waals surface area (Å²) in [5.74, 6) is -0.196. The highest BCUT2D eigenvalue weighted by atomic mass is 79.9. The number of nitrogens with zero attached hydrogens (tertiary/aromatic N) is 2. The lowest BCUT2D eigenvalue weighted by molar-refractivity contribution is 0.101. The number of aromatic nitrogens is 2. The predicted octanol–water partition coefficient (Wildman–Crippen LogP) is 4.77. The summed E-state index contributed by atoms with van der Waals surface area (Å²) >= 11 is 3.53. The van der Waals surface area contributed by atoms with Gasteiger partial charge in [0.2, 0.25) is 0 Å². The number of nitrogens with one attached hydrogen (secondary N) is 1. The average molecular weight is 426 g/mol. The molecule has 0 atom stereocenters. The molecule has 6 heteroatoms. The number of carbonyl (C=O) groups excluding carboxylic acids is 2. The molecule has 3 aromatic rings. The van der Waals surface area contributed by atoms with E-state index in [0.717, 1.165) is 21.4 Å². The van der Waals surface area contributed by atoms with Crippen molar-refractivity contribution in [2.45, 2.75) is 27.3 Å². The molecule has 5 nitrogen and oxygen atoms in total. The average Bonchev–Trinajstić information content (AvgIpc) is 2.89. The summed E-state index contributed by atoms with van der Waals surface area (Å²) in [6, 6.07) is 14.3. The lowest BCUT2D eigenvalue weighted by Crippen LogP contribution is -2.13. The summed E-state index contributed by atoms with van der Waals surface area (Å²) in [6.07, 6.45) is 0. The van der Waals surface area contributed by atoms with E-state index in [9.17, 15) is 9.59 Å². The van der Waals surface area contributed by atoms with Gasteiger partial charge in [-0.1, -0.05) is 12.1 Å². The minimum atomic E-state index is -0.193. The molecule has 0 aliphatic heterocycles. The molecule has 0 saturated heterocycles. The lowest BCUT2D eigenvalue weighted by Gasteiger charge is -2.09. The Labute approximate surface area is 166 Å². The molecule has 0 saturated carbocycles. The number of carbonyl (C=O) groups is 2. The van der Waals surface area contributed by atoms with Crippen molar-refractivity contribution in [2.75, 3.05) is 5.32 Å². The van der Waals surface area contributed by atoms with E-state index in [1.807, 2.05) is 36.7 Å². The van der Waals surface area contributed by atoms with Gasteiger partial charge < -0.3 is 5.32 Å². The van der Waals surface area contributed by atoms with Gasteiger partial charge in [-0.15, -0.1) is 0 Å². The van der Waals surface area contributed by atoms with E-state index in [4.69, 9.17) is 0 Å². The van der Waals surface area contributed by atoms with Crippen LogP contribution >= 0.6 is 15.9 Å². The first-order valence-corrected chi connectivity index (χ1v) is 9.35. The largest absolute Gasteiger partial charge is 0.322 e. The molecule has 0 bridgehead atoms. The normalized spacial score (nSPS) is 10.7. The van der Waals surface area contributed by atoms with Crippen LogP contribution in [-0.2, 0) is 6.54 Å². The number of benzene rings is 2. The van der Waals surface area contributed by atoms with Crippen molar-refractivity contribution in [3.63, 3.8) is 0 Å². The standard InChI is InChI=1S/C21H20BrN3O2/c1-13-20(22)14(2)25(24-13)12-16-5-4-6-18(11-16)21(27)23-19-9-7-17(8-10-19)15(3)26/h4-11H,12H2,1-3H3,(H,23,27). The third-order valence-corrected chi connectivity index (χ3v) is 5.51. The summed E-state index contributed by atoms with van der Waals surface area (Å²) in [4.78, 5) is 23.9. The van der Waals surface area contributed by atoms with Gasteiger partial charge in [0.1, 0.15) is 0 Å². The fourth-order valence-electron chi connectivity index (χ4n) is 2.80. The predicted molar refractivity (Wildman–Crippen MR) is 109 cm³/mol. The van der Waals surface area contributed by atoms with Gasteiger partial charge in [0.05, 0.1) is 22.4 Å². The van der Waals surface area contributed by atoms with Gasteiger partial charge in [-0.25, -0.2) is 0 Å². The second kappa shape index (κ2) is 7.88. The number of anilines is 1. The highest BCUT2D eigenvalue weighted by Crippen LogP contribution is 2.21. The van der Waals surface area contributed by atoms with Crippen molar-refractivity contribution in [3.05, 3.63) is 81.1 Å². The van der Waals surface area contributed by atoms with Gasteiger partial charge in [-0.3, -0.25) is 14.3 Å². The van der Waals surface area contributed by atoms with Crippen LogP contribution in [-0.4, -0.2) is 21.5 Å². The first kappa shape index (κ1) is 19.0. The maximum Gasteiger partial charge on any atom is 0.255 e. The molecular formula is C21H20BrN3O2. The van der Waals surface area contributed by atoms with Crippen molar-refractivity contribution in [2.24, 2.45) is 0 Å². The molecule has 138 valence electrons. The van der Waals surface area contributed by atoms with Gasteiger partial charge in [0.15, 0.2) is 5.78 Å². The molecule has 1 N–H and O–H groups in total. The molecule has 1 amide bonds. The maximum absolute atomic E-state index is 12.6. The summed E-state index contributed by atoms with van der Waals surface area (Å²) in [5.41, 5.74) is 4.82. The van der Waals surface area contributed by atoms with Crippen LogP contribution in [0.1, 0.15) is 44.6 Å². The zero-order valence-corrected chi connectivity index (χ0v) is 17.0. The fourth-order valence-corrected chi connectivity index (χ4v) is 3.09. The smallest absolute Gasteiger partial charge is 0.255 e. The van der Waals surface area contributed by atoms with Crippen LogP contribution in [0.5, 0.6) is 0 Å². The lowest BCUT2D eigenvalue weighted by atomic mass is 10.1. The van der Waals surface area contributed by atoms with Gasteiger partial charge in [0.25, 0.3) is 5.91 Å². The number of hydrogen-bond donors (Lipinski definition) is 1. The molecule has 0 unspecified atom stereocenters. The van der Waals surface area contributed by atoms with Crippen LogP contribution in [0.2, 0.25) is 0 Å². The third-order valence-electron chi connectivity index (χ3n) is 4.36. The number of Topliss-reactive ketones (excluding diaryl/α,β-unsaturated/α-hetero) is 1. The molecule has 27 heavy (non-hydrogen) atoms. The van der Waals surface area contributed by atoms with Crippen molar-refractivity contribution in [1.29, 1.82) is 0 Å². The van der Waals surface area contributed by atoms with E-state index >= 15 is 0 Å². The summed E-state index contributed by atoms with van der Waals surface area (Å²) in [5, 5.41) is 7.37. The van der Waals surface area contributed by atoms with E-state index in [1.54, 1.807) is 30.3 Å². The van der Waals surface area contributed by atoms with Crippen LogP contribution in [0.15, 0.2) is 53.0 Å². The van der Waals surface area contributed by atoms with Crippen LogP contribution in [0.25, 0.3) is 0 Å². The second-order valence-corrected chi connectivity index (χ2v) is 7.22. The van der Waals surface area contributed by atoms with E-state index in [1.165, 1.54) is 6.92 Å². The van der Waals surface area contributed by atoms with E-state index in [0.29, 0.717) is 23.4 Å². The Morgan fingerprint density at radius 2 is 1.78 bits per heavy atom. The Kier molecular flexibility index (Phi) is 5.56. The van der Waals surface area contributed by atoms with Crippen LogP contribution < -0.4 is 5.32 Å². The van der Waals surface area contributed by atoms with Crippen molar-refractivity contribution in [3.8, 4) is 0 Å². The second-order valence-electron chi connectivity index (χ2n) is 6.43. The molecule has 0 fully saturated rings. The summed E-state index contributed by atoms with van der Waals surface area (Å²) in [7, 11) is 0. The Morgan fingerprint density at radius 3 is 2.37 bits per heavy atom. The zero-order valence-electron chi connectivity index (χ0n) is 15.4. The van der Waals surface area contributed by atoms with E-state index in [2.05, 4.69) is 26.3 Å². The number of aryl methyl sites for hydroxylation is 1. The topological polar surface area (TPSA) is 64.0 Å². The van der Waals surface area contributed by atoms with Crippen LogP contribution in [0.4, 0.5) is 5.69 Å². The monoisotopic (exact) mass is 425 g/mol. The molecule has 0 radical (unpaired) electrons. The van der Waals surface area contributed by atoms with Gasteiger partial charge in [0, 0.05) is 16.8 Å². The van der Waals surface area contributed by atoms with Crippen molar-refractivity contribution >= 4 is 33.3 Å². The Hall–Kier alpha value is -2.73. The molecule has 0 aliphatic carbocycles. The first-order valence-electron chi connectivity index (χ1n) is 8.56. The molecule has 2 aromatic carbocycles. The quantitative estimate of drug-likeness (QED) is 0.598. The Balaban J connectivity index is 1.75. The number of halogens is 1. The van der Waals surface area contributed by atoms with Crippen molar-refractivity contribution < 1.29 is 9.59 Å². The molecule has 1 heterocycles. The minimum absolute atomic E-state index is 0.00336. The first-order chi connectivity index (χ1) is 12.8. The van der Waals surface area contributed by atoms with Crippen molar-refractivity contribution in [1.82, 2.24) is 9.78 Å². The fraction of sp³-hybridized carbons (Fsp3) is 0.190. The number of ketones is 1. The number of rotatable bonds is 5. The van der Waals surface area contributed by atoms with Gasteiger partial charge in [-0.05, 0) is 78.7 Å². The SMILES string of the molecule is CC(=O)c1ccc(NC(=O)c2cccc(Cn3nc(C)c(Br)c3C)c2)cc1. The molecule has 3 rings (SSSR count). The molecule has 0 aliphatic rings.